The number of nitrogens with zero attached hydrogens (tertiary/aromatic N) is 1. The second kappa shape index (κ2) is 7.35. The fraction of sp³-hybridized carbons (Fsp3) is 0.462. The molecule has 0 spiro atoms. The Morgan fingerprint density at radius 1 is 1.37 bits per heavy atom. The molecule has 0 bridgehead atoms. The average Bonchev–Trinajstić information content (AvgIpc) is 2.38. The number of rotatable bonds is 7. The van der Waals surface area contributed by atoms with Crippen molar-refractivity contribution in [1.82, 2.24) is 5.32 Å². The van der Waals surface area contributed by atoms with Crippen LogP contribution in [0.15, 0.2) is 18.2 Å². The van der Waals surface area contributed by atoms with Crippen LogP contribution in [0.2, 0.25) is 0 Å². The maximum Gasteiger partial charge on any atom is 0.274 e. The molecule has 0 radical (unpaired) electrons. The van der Waals surface area contributed by atoms with E-state index in [0.717, 1.165) is 6.42 Å². The molecule has 19 heavy (non-hydrogen) atoms. The molecule has 6 nitrogen and oxygen atoms in total. The summed E-state index contributed by atoms with van der Waals surface area (Å²) in [7, 11) is 0. The van der Waals surface area contributed by atoms with Crippen LogP contribution in [0.25, 0.3) is 0 Å². The number of nitro groups is 1. The predicted molar refractivity (Wildman–Crippen MR) is 74.2 cm³/mol. The third-order valence-corrected chi connectivity index (χ3v) is 2.74. The summed E-state index contributed by atoms with van der Waals surface area (Å²) in [5, 5.41) is 16.6. The van der Waals surface area contributed by atoms with E-state index in [0.29, 0.717) is 30.8 Å². The fourth-order valence-electron chi connectivity index (χ4n) is 1.68. The van der Waals surface area contributed by atoms with Crippen molar-refractivity contribution in [3.05, 3.63) is 33.9 Å². The lowest BCUT2D eigenvalue weighted by Crippen LogP contribution is -2.25. The quantitative estimate of drug-likeness (QED) is 0.585. The van der Waals surface area contributed by atoms with Crippen LogP contribution >= 0.6 is 0 Å². The molecular formula is C13H19N3O3. The van der Waals surface area contributed by atoms with E-state index in [1.807, 2.05) is 6.92 Å². The zero-order valence-electron chi connectivity index (χ0n) is 11.2. The first-order chi connectivity index (χ1) is 9.06. The summed E-state index contributed by atoms with van der Waals surface area (Å²) in [5.74, 6) is -0.0163. The summed E-state index contributed by atoms with van der Waals surface area (Å²) < 4.78 is 0. The highest BCUT2D eigenvalue weighted by atomic mass is 16.6. The summed E-state index contributed by atoms with van der Waals surface area (Å²) in [5.41, 5.74) is 1.36. The predicted octanol–water partition coefficient (Wildman–Crippen LogP) is 2.23. The molecule has 0 fully saturated rings. The molecule has 2 N–H and O–H groups in total. The summed E-state index contributed by atoms with van der Waals surface area (Å²) in [4.78, 5) is 21.8. The van der Waals surface area contributed by atoms with Crippen molar-refractivity contribution in [3.8, 4) is 0 Å². The number of anilines is 1. The van der Waals surface area contributed by atoms with E-state index in [1.165, 1.54) is 6.07 Å². The van der Waals surface area contributed by atoms with Gasteiger partial charge in [0, 0.05) is 36.8 Å². The van der Waals surface area contributed by atoms with Crippen molar-refractivity contribution in [2.75, 3.05) is 18.4 Å². The minimum atomic E-state index is -0.408. The van der Waals surface area contributed by atoms with E-state index in [4.69, 9.17) is 0 Å². The number of carbonyl (C=O) groups excluding carboxylic acids is 1. The molecule has 0 saturated heterocycles. The van der Waals surface area contributed by atoms with Crippen LogP contribution in [-0.4, -0.2) is 23.9 Å². The zero-order valence-corrected chi connectivity index (χ0v) is 11.2. The van der Waals surface area contributed by atoms with Gasteiger partial charge in [0.15, 0.2) is 0 Å². The topological polar surface area (TPSA) is 84.3 Å². The molecule has 1 rings (SSSR count). The van der Waals surface area contributed by atoms with Gasteiger partial charge in [-0.2, -0.15) is 0 Å². The Labute approximate surface area is 112 Å². The van der Waals surface area contributed by atoms with E-state index in [9.17, 15) is 14.9 Å². The van der Waals surface area contributed by atoms with Gasteiger partial charge < -0.3 is 10.6 Å². The number of benzene rings is 1. The smallest absolute Gasteiger partial charge is 0.274 e. The first-order valence-electron chi connectivity index (χ1n) is 6.30. The van der Waals surface area contributed by atoms with Crippen LogP contribution in [0.4, 0.5) is 11.4 Å². The van der Waals surface area contributed by atoms with Crippen LogP contribution in [0.1, 0.15) is 25.3 Å². The Bertz CT molecular complexity index is 460. The largest absolute Gasteiger partial charge is 0.384 e. The molecule has 1 aromatic rings. The summed E-state index contributed by atoms with van der Waals surface area (Å²) >= 11 is 0. The van der Waals surface area contributed by atoms with E-state index in [2.05, 4.69) is 10.6 Å². The molecule has 0 aliphatic heterocycles. The van der Waals surface area contributed by atoms with E-state index in [-0.39, 0.29) is 11.6 Å². The van der Waals surface area contributed by atoms with E-state index in [1.54, 1.807) is 19.1 Å². The second-order valence-electron chi connectivity index (χ2n) is 4.23. The molecule has 0 aromatic heterocycles. The van der Waals surface area contributed by atoms with Crippen LogP contribution in [0, 0.1) is 17.0 Å². The third-order valence-electron chi connectivity index (χ3n) is 2.74. The van der Waals surface area contributed by atoms with Crippen molar-refractivity contribution < 1.29 is 9.72 Å². The maximum atomic E-state index is 11.4. The fourth-order valence-corrected chi connectivity index (χ4v) is 1.68. The van der Waals surface area contributed by atoms with Gasteiger partial charge in [-0.3, -0.25) is 14.9 Å². The van der Waals surface area contributed by atoms with Gasteiger partial charge in [-0.05, 0) is 19.4 Å². The van der Waals surface area contributed by atoms with Crippen molar-refractivity contribution in [2.45, 2.75) is 26.7 Å². The molecule has 0 saturated carbocycles. The highest BCUT2D eigenvalue weighted by Gasteiger charge is 2.12. The Morgan fingerprint density at radius 2 is 2.11 bits per heavy atom. The summed E-state index contributed by atoms with van der Waals surface area (Å²) in [6, 6.07) is 4.87. The number of hydrogen-bond donors (Lipinski definition) is 2. The molecule has 104 valence electrons. The number of hydrogen-bond acceptors (Lipinski definition) is 4. The van der Waals surface area contributed by atoms with Crippen LogP contribution in [-0.2, 0) is 4.79 Å². The zero-order chi connectivity index (χ0) is 14.3. The van der Waals surface area contributed by atoms with Gasteiger partial charge in [-0.25, -0.2) is 0 Å². The highest BCUT2D eigenvalue weighted by Crippen LogP contribution is 2.24. The molecular weight excluding hydrogens is 246 g/mol. The number of nitro benzene ring substituents is 1. The molecule has 0 aliphatic rings. The maximum absolute atomic E-state index is 11.4. The highest BCUT2D eigenvalue weighted by molar-refractivity contribution is 5.76. The van der Waals surface area contributed by atoms with E-state index >= 15 is 0 Å². The first-order valence-corrected chi connectivity index (χ1v) is 6.30. The normalized spacial score (nSPS) is 10.0. The SMILES string of the molecule is CCCNC(=O)CCNc1cccc([N+](=O)[O-])c1C. The molecule has 6 heteroatoms. The molecule has 0 atom stereocenters. The van der Waals surface area contributed by atoms with Gasteiger partial charge in [0.2, 0.25) is 5.91 Å². The third kappa shape index (κ3) is 4.57. The van der Waals surface area contributed by atoms with Crippen molar-refractivity contribution in [3.63, 3.8) is 0 Å². The molecule has 0 unspecified atom stereocenters. The van der Waals surface area contributed by atoms with Gasteiger partial charge in [0.25, 0.3) is 5.69 Å². The van der Waals surface area contributed by atoms with Crippen molar-refractivity contribution >= 4 is 17.3 Å². The minimum absolute atomic E-state index is 0.0163. The van der Waals surface area contributed by atoms with E-state index < -0.39 is 4.92 Å². The van der Waals surface area contributed by atoms with Crippen LogP contribution < -0.4 is 10.6 Å². The summed E-state index contributed by atoms with van der Waals surface area (Å²) in [6.07, 6.45) is 1.26. The first kappa shape index (κ1) is 14.9. The molecule has 1 aromatic carbocycles. The number of carbonyl (C=O) groups is 1. The van der Waals surface area contributed by atoms with Gasteiger partial charge in [0.05, 0.1) is 4.92 Å². The monoisotopic (exact) mass is 265 g/mol. The molecule has 0 heterocycles. The molecule has 1 amide bonds. The number of nitrogens with one attached hydrogen (secondary N) is 2. The average molecular weight is 265 g/mol. The number of amides is 1. The van der Waals surface area contributed by atoms with Gasteiger partial charge in [-0.15, -0.1) is 0 Å². The van der Waals surface area contributed by atoms with Crippen LogP contribution in [0.3, 0.4) is 0 Å². The lowest BCUT2D eigenvalue weighted by molar-refractivity contribution is -0.385. The lowest BCUT2D eigenvalue weighted by atomic mass is 10.1. The Balaban J connectivity index is 2.52. The van der Waals surface area contributed by atoms with Crippen molar-refractivity contribution in [1.29, 1.82) is 0 Å². The van der Waals surface area contributed by atoms with Crippen molar-refractivity contribution in [2.24, 2.45) is 0 Å². The second-order valence-corrected chi connectivity index (χ2v) is 4.23. The minimum Gasteiger partial charge on any atom is -0.384 e. The Hall–Kier alpha value is -2.11. The standard InChI is InChI=1S/C13H19N3O3/c1-3-8-15-13(17)7-9-14-11-5-4-6-12(10(11)2)16(18)19/h4-6,14H,3,7-9H2,1-2H3,(H,15,17). The summed E-state index contributed by atoms with van der Waals surface area (Å²) in [6.45, 7) is 4.81. The molecule has 0 aliphatic carbocycles. The van der Waals surface area contributed by atoms with Crippen LogP contribution in [0.5, 0.6) is 0 Å². The lowest BCUT2D eigenvalue weighted by Gasteiger charge is -2.09. The Kier molecular flexibility index (Phi) is 5.78. The van der Waals surface area contributed by atoms with Gasteiger partial charge in [0.1, 0.15) is 0 Å². The van der Waals surface area contributed by atoms with Gasteiger partial charge >= 0.3 is 0 Å². The Morgan fingerprint density at radius 3 is 2.74 bits per heavy atom. The van der Waals surface area contributed by atoms with Gasteiger partial charge in [-0.1, -0.05) is 13.0 Å².